The molecule has 2 aromatic rings. The van der Waals surface area contributed by atoms with E-state index >= 15 is 0 Å². The van der Waals surface area contributed by atoms with Crippen molar-refractivity contribution < 1.29 is 14.0 Å². The van der Waals surface area contributed by atoms with Gasteiger partial charge in [0.1, 0.15) is 5.76 Å². The molecule has 1 spiro atoms. The Labute approximate surface area is 126 Å². The number of likely N-dealkylation sites (tertiary alicyclic amines) is 1. The van der Waals surface area contributed by atoms with Crippen LogP contribution in [0.3, 0.4) is 0 Å². The van der Waals surface area contributed by atoms with Gasteiger partial charge in [0.25, 0.3) is 5.91 Å². The van der Waals surface area contributed by atoms with Gasteiger partial charge in [-0.05, 0) is 13.8 Å². The fourth-order valence-electron chi connectivity index (χ4n) is 3.45. The number of nitrogens with one attached hydrogen (secondary N) is 1. The largest absolute Gasteiger partial charge is 0.469 e. The van der Waals surface area contributed by atoms with Crippen LogP contribution in [0.4, 0.5) is 5.95 Å². The molecule has 22 heavy (non-hydrogen) atoms. The Hall–Kier alpha value is -2.57. The van der Waals surface area contributed by atoms with Crippen molar-refractivity contribution in [3.8, 4) is 0 Å². The van der Waals surface area contributed by atoms with Crippen molar-refractivity contribution in [2.24, 2.45) is 0 Å². The summed E-state index contributed by atoms with van der Waals surface area (Å²) in [5, 5.41) is 2.75. The highest BCUT2D eigenvalue weighted by molar-refractivity contribution is 5.98. The summed E-state index contributed by atoms with van der Waals surface area (Å²) in [5.74, 6) is 1.09. The summed E-state index contributed by atoms with van der Waals surface area (Å²) < 4.78 is 7.27. The van der Waals surface area contributed by atoms with Gasteiger partial charge < -0.3 is 13.9 Å². The van der Waals surface area contributed by atoms with E-state index in [0.29, 0.717) is 36.8 Å². The van der Waals surface area contributed by atoms with Gasteiger partial charge in [-0.1, -0.05) is 0 Å². The summed E-state index contributed by atoms with van der Waals surface area (Å²) in [6.07, 6.45) is 5.48. The molecular weight excluding hydrogens is 284 g/mol. The Bertz CT molecular complexity index is 763. The van der Waals surface area contributed by atoms with Crippen LogP contribution in [0.1, 0.15) is 28.1 Å². The Morgan fingerprint density at radius 3 is 2.86 bits per heavy atom. The standard InChI is InChI=1S/C15H16N4O3/c1-9-6-22-10(2)12(9)13(21)18-7-15(8-18)5-11(20)17-14-16-3-4-19(14)15/h3-4,6H,5,7-8H2,1-2H3,(H,16,17,20). The molecule has 7 heteroatoms. The number of hydrogen-bond donors (Lipinski definition) is 1. The van der Waals surface area contributed by atoms with Crippen molar-refractivity contribution in [3.63, 3.8) is 0 Å². The molecule has 1 saturated heterocycles. The Kier molecular flexibility index (Phi) is 2.52. The number of furan rings is 1. The van der Waals surface area contributed by atoms with E-state index in [1.54, 1.807) is 24.3 Å². The fraction of sp³-hybridized carbons (Fsp3) is 0.400. The number of nitrogens with zero attached hydrogens (tertiary/aromatic N) is 3. The lowest BCUT2D eigenvalue weighted by atomic mass is 9.83. The molecule has 4 rings (SSSR count). The third-order valence-electron chi connectivity index (χ3n) is 4.52. The monoisotopic (exact) mass is 300 g/mol. The molecule has 7 nitrogen and oxygen atoms in total. The number of amides is 2. The van der Waals surface area contributed by atoms with Crippen LogP contribution in [-0.2, 0) is 10.3 Å². The molecule has 0 atom stereocenters. The molecule has 2 aliphatic heterocycles. The summed E-state index contributed by atoms with van der Waals surface area (Å²) >= 11 is 0. The van der Waals surface area contributed by atoms with Gasteiger partial charge in [0, 0.05) is 31.0 Å². The normalized spacial score (nSPS) is 18.8. The molecule has 0 aliphatic carbocycles. The second-order valence-corrected chi connectivity index (χ2v) is 6.08. The molecule has 1 N–H and O–H groups in total. The van der Waals surface area contributed by atoms with Gasteiger partial charge in [-0.3, -0.25) is 14.9 Å². The van der Waals surface area contributed by atoms with E-state index in [0.717, 1.165) is 5.56 Å². The molecule has 2 aliphatic rings. The summed E-state index contributed by atoms with van der Waals surface area (Å²) in [6, 6.07) is 0. The molecule has 2 aromatic heterocycles. The van der Waals surface area contributed by atoms with E-state index in [1.165, 1.54) is 0 Å². The number of imidazole rings is 1. The molecule has 2 amide bonds. The van der Waals surface area contributed by atoms with E-state index < -0.39 is 0 Å². The first-order valence-electron chi connectivity index (χ1n) is 7.18. The van der Waals surface area contributed by atoms with Gasteiger partial charge in [0.05, 0.1) is 23.8 Å². The van der Waals surface area contributed by atoms with Crippen molar-refractivity contribution in [1.29, 1.82) is 0 Å². The topological polar surface area (TPSA) is 80.4 Å². The van der Waals surface area contributed by atoms with Crippen LogP contribution in [0.15, 0.2) is 23.1 Å². The zero-order chi connectivity index (χ0) is 15.5. The maximum Gasteiger partial charge on any atom is 0.257 e. The van der Waals surface area contributed by atoms with Crippen LogP contribution in [0.5, 0.6) is 0 Å². The molecule has 0 aromatic carbocycles. The predicted molar refractivity (Wildman–Crippen MR) is 77.5 cm³/mol. The lowest BCUT2D eigenvalue weighted by Gasteiger charge is -2.52. The van der Waals surface area contributed by atoms with E-state index in [-0.39, 0.29) is 17.4 Å². The second kappa shape index (κ2) is 4.22. The summed E-state index contributed by atoms with van der Waals surface area (Å²) in [4.78, 5) is 30.4. The summed E-state index contributed by atoms with van der Waals surface area (Å²) in [6.45, 7) is 4.67. The number of hydrogen-bond acceptors (Lipinski definition) is 4. The molecule has 0 unspecified atom stereocenters. The number of rotatable bonds is 1. The minimum Gasteiger partial charge on any atom is -0.469 e. The van der Waals surface area contributed by atoms with Crippen molar-refractivity contribution in [1.82, 2.24) is 14.5 Å². The molecule has 114 valence electrons. The number of anilines is 1. The maximum atomic E-state index is 12.6. The highest BCUT2D eigenvalue weighted by atomic mass is 16.3. The van der Waals surface area contributed by atoms with Crippen molar-refractivity contribution >= 4 is 17.8 Å². The minimum atomic E-state index is -0.366. The lowest BCUT2D eigenvalue weighted by Crippen LogP contribution is -2.66. The Morgan fingerprint density at radius 1 is 1.41 bits per heavy atom. The van der Waals surface area contributed by atoms with Crippen LogP contribution >= 0.6 is 0 Å². The van der Waals surface area contributed by atoms with E-state index in [4.69, 9.17) is 4.42 Å². The summed E-state index contributed by atoms with van der Waals surface area (Å²) in [5.41, 5.74) is 1.10. The second-order valence-electron chi connectivity index (χ2n) is 6.08. The van der Waals surface area contributed by atoms with Crippen LogP contribution in [0.25, 0.3) is 0 Å². The number of fused-ring (bicyclic) bond motifs is 2. The van der Waals surface area contributed by atoms with Crippen LogP contribution < -0.4 is 5.32 Å². The van der Waals surface area contributed by atoms with Gasteiger partial charge >= 0.3 is 0 Å². The number of aromatic nitrogens is 2. The third-order valence-corrected chi connectivity index (χ3v) is 4.52. The average molecular weight is 300 g/mol. The zero-order valence-corrected chi connectivity index (χ0v) is 12.4. The van der Waals surface area contributed by atoms with Gasteiger partial charge in [0.2, 0.25) is 11.9 Å². The molecule has 0 bridgehead atoms. The first kappa shape index (κ1) is 13.1. The van der Waals surface area contributed by atoms with Gasteiger partial charge in [-0.2, -0.15) is 0 Å². The van der Waals surface area contributed by atoms with Crippen molar-refractivity contribution in [3.05, 3.63) is 35.5 Å². The zero-order valence-electron chi connectivity index (χ0n) is 12.4. The third kappa shape index (κ3) is 1.65. The first-order chi connectivity index (χ1) is 10.5. The molecule has 1 fully saturated rings. The molecule has 0 saturated carbocycles. The SMILES string of the molecule is Cc1coc(C)c1C(=O)N1CC2(CC(=O)Nc3nccn32)C1. The quantitative estimate of drug-likeness (QED) is 0.860. The fourth-order valence-corrected chi connectivity index (χ4v) is 3.45. The first-order valence-corrected chi connectivity index (χ1v) is 7.18. The van der Waals surface area contributed by atoms with E-state index in [1.807, 2.05) is 17.7 Å². The maximum absolute atomic E-state index is 12.6. The smallest absolute Gasteiger partial charge is 0.257 e. The lowest BCUT2D eigenvalue weighted by molar-refractivity contribution is -0.121. The number of carbonyl (C=O) groups is 2. The predicted octanol–water partition coefficient (Wildman–Crippen LogP) is 1.29. The van der Waals surface area contributed by atoms with Gasteiger partial charge in [-0.25, -0.2) is 4.98 Å². The minimum absolute atomic E-state index is 0.0398. The Balaban J connectivity index is 1.60. The molecular formula is C15H16N4O3. The molecule has 4 heterocycles. The summed E-state index contributed by atoms with van der Waals surface area (Å²) in [7, 11) is 0. The van der Waals surface area contributed by atoms with Crippen LogP contribution in [-0.4, -0.2) is 39.4 Å². The molecule has 0 radical (unpaired) electrons. The van der Waals surface area contributed by atoms with E-state index in [9.17, 15) is 9.59 Å². The number of aryl methyl sites for hydroxylation is 2. The van der Waals surface area contributed by atoms with Gasteiger partial charge in [0.15, 0.2) is 0 Å². The highest BCUT2D eigenvalue weighted by Crippen LogP contribution is 2.39. The van der Waals surface area contributed by atoms with Crippen molar-refractivity contribution in [2.75, 3.05) is 18.4 Å². The van der Waals surface area contributed by atoms with Crippen molar-refractivity contribution in [2.45, 2.75) is 25.8 Å². The Morgan fingerprint density at radius 2 is 2.18 bits per heavy atom. The van der Waals surface area contributed by atoms with Crippen LogP contribution in [0.2, 0.25) is 0 Å². The highest BCUT2D eigenvalue weighted by Gasteiger charge is 2.51. The average Bonchev–Trinajstić information content (AvgIpc) is 3.01. The number of carbonyl (C=O) groups excluding carboxylic acids is 2. The van der Waals surface area contributed by atoms with Crippen LogP contribution in [0, 0.1) is 13.8 Å². The van der Waals surface area contributed by atoms with E-state index in [2.05, 4.69) is 10.3 Å². The van der Waals surface area contributed by atoms with Gasteiger partial charge in [-0.15, -0.1) is 0 Å².